The Morgan fingerprint density at radius 3 is 1.96 bits per heavy atom. The second kappa shape index (κ2) is 10.1. The van der Waals surface area contributed by atoms with E-state index in [2.05, 4.69) is 177 Å². The number of anilines is 3. The van der Waals surface area contributed by atoms with Crippen molar-refractivity contribution in [1.29, 1.82) is 0 Å². The largest absolute Gasteiger partial charge is 0.454 e. The summed E-state index contributed by atoms with van der Waals surface area (Å²) in [5.74, 6) is 0. The lowest BCUT2D eigenvalue weighted by atomic mass is 9.74. The van der Waals surface area contributed by atoms with Gasteiger partial charge < -0.3 is 9.32 Å². The van der Waals surface area contributed by atoms with Crippen molar-refractivity contribution in [1.82, 2.24) is 0 Å². The Bertz CT molecular complexity index is 2610. The molecule has 10 rings (SSSR count). The third-order valence-electron chi connectivity index (χ3n) is 11.4. The molecular weight excluding hydrogens is 595 g/mol. The van der Waals surface area contributed by atoms with Gasteiger partial charge in [0.25, 0.3) is 0 Å². The average Bonchev–Trinajstić information content (AvgIpc) is 3.74. The van der Waals surface area contributed by atoms with Gasteiger partial charge in [-0.3, -0.25) is 0 Å². The van der Waals surface area contributed by atoms with E-state index in [0.29, 0.717) is 0 Å². The minimum absolute atomic E-state index is 0.121. The number of hydrogen-bond donors (Lipinski definition) is 0. The second-order valence-corrected chi connectivity index (χ2v) is 14.2. The van der Waals surface area contributed by atoms with Crippen LogP contribution in [0.25, 0.3) is 44.2 Å². The molecule has 2 heteroatoms. The molecule has 7 aromatic carbocycles. The third kappa shape index (κ3) is 3.77. The maximum atomic E-state index is 6.75. The van der Waals surface area contributed by atoms with Crippen LogP contribution in [-0.4, -0.2) is 0 Å². The summed E-state index contributed by atoms with van der Waals surface area (Å²) in [5.41, 5.74) is 16.5. The summed E-state index contributed by atoms with van der Waals surface area (Å²) in [6, 6.07) is 57.7. The topological polar surface area (TPSA) is 16.4 Å². The van der Waals surface area contributed by atoms with Gasteiger partial charge in [-0.2, -0.15) is 0 Å². The molecule has 0 bridgehead atoms. The molecule has 0 N–H and O–H groups in total. The molecular formula is C47H35NO. The highest BCUT2D eigenvalue weighted by molar-refractivity contribution is 6.11. The highest BCUT2D eigenvalue weighted by atomic mass is 16.3. The van der Waals surface area contributed by atoms with Gasteiger partial charge in [0, 0.05) is 32.9 Å². The fraction of sp³-hybridized carbons (Fsp3) is 0.106. The first kappa shape index (κ1) is 28.2. The lowest BCUT2D eigenvalue weighted by Gasteiger charge is -2.32. The number of hydrogen-bond acceptors (Lipinski definition) is 2. The van der Waals surface area contributed by atoms with Crippen LogP contribution in [0.3, 0.4) is 0 Å². The fourth-order valence-electron chi connectivity index (χ4n) is 8.94. The van der Waals surface area contributed by atoms with E-state index in [1.54, 1.807) is 0 Å². The molecule has 2 nitrogen and oxygen atoms in total. The smallest absolute Gasteiger partial charge is 0.159 e. The van der Waals surface area contributed by atoms with Crippen molar-refractivity contribution in [2.45, 2.75) is 31.6 Å². The van der Waals surface area contributed by atoms with Crippen LogP contribution in [-0.2, 0) is 10.8 Å². The third-order valence-corrected chi connectivity index (χ3v) is 11.4. The van der Waals surface area contributed by atoms with E-state index in [0.717, 1.165) is 39.0 Å². The molecule has 1 heterocycles. The minimum atomic E-state index is -0.312. The van der Waals surface area contributed by atoms with Crippen LogP contribution in [0.15, 0.2) is 162 Å². The van der Waals surface area contributed by atoms with Gasteiger partial charge in [-0.15, -0.1) is 0 Å². The first-order valence-electron chi connectivity index (χ1n) is 17.2. The number of benzene rings is 7. The van der Waals surface area contributed by atoms with Gasteiger partial charge in [0.15, 0.2) is 5.58 Å². The van der Waals surface area contributed by atoms with Crippen LogP contribution in [0.2, 0.25) is 0 Å². The predicted octanol–water partition coefficient (Wildman–Crippen LogP) is 12.7. The number of fused-ring (bicyclic) bond motifs is 9. The summed E-state index contributed by atoms with van der Waals surface area (Å²) in [7, 11) is 0. The van der Waals surface area contributed by atoms with Crippen LogP contribution in [0.5, 0.6) is 0 Å². The number of rotatable bonds is 4. The van der Waals surface area contributed by atoms with Gasteiger partial charge in [-0.1, -0.05) is 141 Å². The Hall–Kier alpha value is -5.86. The van der Waals surface area contributed by atoms with Crippen LogP contribution in [0, 0.1) is 0 Å². The molecule has 0 aliphatic heterocycles. The van der Waals surface area contributed by atoms with E-state index in [-0.39, 0.29) is 10.8 Å². The summed E-state index contributed by atoms with van der Waals surface area (Å²) in [6.07, 6.45) is 0. The Morgan fingerprint density at radius 1 is 0.469 bits per heavy atom. The van der Waals surface area contributed by atoms with Crippen LogP contribution >= 0.6 is 0 Å². The minimum Gasteiger partial charge on any atom is -0.454 e. The summed E-state index contributed by atoms with van der Waals surface area (Å²) < 4.78 is 6.75. The Balaban J connectivity index is 1.29. The van der Waals surface area contributed by atoms with E-state index in [1.807, 2.05) is 6.07 Å². The molecule has 1 atom stereocenters. The molecule has 0 saturated carbocycles. The number of para-hydroxylation sites is 2. The fourth-order valence-corrected chi connectivity index (χ4v) is 8.94. The predicted molar refractivity (Wildman–Crippen MR) is 203 cm³/mol. The highest BCUT2D eigenvalue weighted by Gasteiger charge is 2.42. The molecule has 8 aromatic rings. The van der Waals surface area contributed by atoms with Crippen LogP contribution in [0.1, 0.15) is 48.6 Å². The molecule has 49 heavy (non-hydrogen) atoms. The molecule has 0 spiro atoms. The maximum absolute atomic E-state index is 6.75. The zero-order chi connectivity index (χ0) is 32.9. The van der Waals surface area contributed by atoms with E-state index in [1.165, 1.54) is 50.1 Å². The van der Waals surface area contributed by atoms with Crippen molar-refractivity contribution in [2.75, 3.05) is 4.90 Å². The molecule has 0 fully saturated rings. The molecule has 0 amide bonds. The van der Waals surface area contributed by atoms with Gasteiger partial charge in [-0.05, 0) is 81.8 Å². The van der Waals surface area contributed by atoms with Crippen LogP contribution in [0.4, 0.5) is 17.1 Å². The average molecular weight is 630 g/mol. The standard InChI is InChI=1S/C47H35NO/c1-46(2)37-21-10-8-19-36(37)44-39(46)23-14-24-41(44)48(42-25-13-20-35-34-18-9-12-26-43(34)49-45(35)42)31-27-28-33-32-17-7-11-22-38(32)47(3,40(33)29-31)30-15-5-4-6-16-30/h4-29H,1-3H3. The van der Waals surface area contributed by atoms with Gasteiger partial charge >= 0.3 is 0 Å². The van der Waals surface area contributed by atoms with Crippen LogP contribution < -0.4 is 4.90 Å². The lowest BCUT2D eigenvalue weighted by Crippen LogP contribution is -2.23. The SMILES string of the molecule is CC1(C)c2ccccc2-c2c(N(c3ccc4c(c3)C(C)(c3ccccc3)c3ccccc3-4)c3cccc4c3oc3ccccc34)cccc21. The van der Waals surface area contributed by atoms with Crippen molar-refractivity contribution >= 4 is 39.0 Å². The maximum Gasteiger partial charge on any atom is 0.159 e. The number of furan rings is 1. The van der Waals surface area contributed by atoms with Gasteiger partial charge in [0.2, 0.25) is 0 Å². The molecule has 1 aromatic heterocycles. The summed E-state index contributed by atoms with van der Waals surface area (Å²) in [4.78, 5) is 2.45. The van der Waals surface area contributed by atoms with Crippen molar-refractivity contribution in [3.8, 4) is 22.3 Å². The van der Waals surface area contributed by atoms with E-state index in [4.69, 9.17) is 4.42 Å². The molecule has 2 aliphatic rings. The Labute approximate surface area is 286 Å². The highest BCUT2D eigenvalue weighted by Crippen LogP contribution is 2.57. The van der Waals surface area contributed by atoms with E-state index >= 15 is 0 Å². The van der Waals surface area contributed by atoms with Crippen molar-refractivity contribution in [2.24, 2.45) is 0 Å². The van der Waals surface area contributed by atoms with Crippen molar-refractivity contribution in [3.63, 3.8) is 0 Å². The molecule has 0 radical (unpaired) electrons. The summed E-state index contributed by atoms with van der Waals surface area (Å²) in [6.45, 7) is 7.09. The Kier molecular flexibility index (Phi) is 5.79. The van der Waals surface area contributed by atoms with E-state index < -0.39 is 0 Å². The first-order valence-corrected chi connectivity index (χ1v) is 17.2. The van der Waals surface area contributed by atoms with E-state index in [9.17, 15) is 0 Å². The van der Waals surface area contributed by atoms with Crippen molar-refractivity contribution < 1.29 is 4.42 Å². The summed E-state index contributed by atoms with van der Waals surface area (Å²) >= 11 is 0. The normalized spacial score (nSPS) is 16.7. The second-order valence-electron chi connectivity index (χ2n) is 14.2. The van der Waals surface area contributed by atoms with Gasteiger partial charge in [0.1, 0.15) is 5.58 Å². The first-order chi connectivity index (χ1) is 24.0. The van der Waals surface area contributed by atoms with Crippen molar-refractivity contribution in [3.05, 3.63) is 186 Å². The molecule has 0 saturated heterocycles. The Morgan fingerprint density at radius 2 is 1.10 bits per heavy atom. The van der Waals surface area contributed by atoms with Gasteiger partial charge in [-0.25, -0.2) is 0 Å². The monoisotopic (exact) mass is 629 g/mol. The lowest BCUT2D eigenvalue weighted by molar-refractivity contribution is 0.660. The zero-order valence-corrected chi connectivity index (χ0v) is 27.9. The molecule has 234 valence electrons. The summed E-state index contributed by atoms with van der Waals surface area (Å²) in [5, 5.41) is 2.25. The number of nitrogens with zero attached hydrogens (tertiary/aromatic N) is 1. The van der Waals surface area contributed by atoms with Gasteiger partial charge in [0.05, 0.1) is 11.4 Å². The molecule has 2 aliphatic carbocycles. The quantitative estimate of drug-likeness (QED) is 0.193. The zero-order valence-electron chi connectivity index (χ0n) is 27.9. The molecule has 1 unspecified atom stereocenters.